The lowest BCUT2D eigenvalue weighted by molar-refractivity contribution is 0.625. The molecule has 0 aliphatic heterocycles. The molecule has 0 saturated heterocycles. The normalized spacial score (nSPS) is 10.8. The van der Waals surface area contributed by atoms with Gasteiger partial charge in [-0.05, 0) is 35.9 Å². The van der Waals surface area contributed by atoms with Gasteiger partial charge in [-0.1, -0.05) is 60.1 Å². The summed E-state index contributed by atoms with van der Waals surface area (Å²) in [7, 11) is 0. The third kappa shape index (κ3) is 3.19. The highest BCUT2D eigenvalue weighted by molar-refractivity contribution is 6.30. The van der Waals surface area contributed by atoms with Gasteiger partial charge in [0.2, 0.25) is 0 Å². The van der Waals surface area contributed by atoms with Crippen molar-refractivity contribution in [3.63, 3.8) is 0 Å². The van der Waals surface area contributed by atoms with E-state index in [2.05, 4.69) is 0 Å². The zero-order valence-corrected chi connectivity index (χ0v) is 14.0. The van der Waals surface area contributed by atoms with Crippen LogP contribution in [0.5, 0.6) is 0 Å². The van der Waals surface area contributed by atoms with Crippen molar-refractivity contribution in [1.82, 2.24) is 9.78 Å². The van der Waals surface area contributed by atoms with Crippen LogP contribution < -0.4 is 0 Å². The van der Waals surface area contributed by atoms with E-state index in [1.807, 2.05) is 66.9 Å². The molecule has 0 unspecified atom stereocenters. The summed E-state index contributed by atoms with van der Waals surface area (Å²) < 4.78 is 15.3. The molecule has 1 aromatic heterocycles. The molecule has 0 fully saturated rings. The van der Waals surface area contributed by atoms with E-state index in [1.165, 1.54) is 12.1 Å². The molecule has 0 atom stereocenters. The van der Waals surface area contributed by atoms with Crippen molar-refractivity contribution in [3.05, 3.63) is 95.9 Å². The summed E-state index contributed by atoms with van der Waals surface area (Å²) >= 11 is 6.15. The standard InChI is InChI=1S/C21H14ClFN2/c22-17-9-4-8-16(12-17)21-20(15-6-2-1-3-7-15)14-25(24-21)19-11-5-10-18(23)13-19/h1-14H. The number of halogens is 2. The maximum atomic E-state index is 13.6. The Bertz CT molecular complexity index is 1030. The largest absolute Gasteiger partial charge is 0.240 e. The SMILES string of the molecule is Fc1cccc(-n2cc(-c3ccccc3)c(-c3cccc(Cl)c3)n2)c1. The second-order valence-corrected chi connectivity index (χ2v) is 6.13. The van der Waals surface area contributed by atoms with Gasteiger partial charge in [-0.3, -0.25) is 0 Å². The molecule has 0 radical (unpaired) electrons. The van der Waals surface area contributed by atoms with Gasteiger partial charge in [0.1, 0.15) is 11.5 Å². The molecule has 25 heavy (non-hydrogen) atoms. The second-order valence-electron chi connectivity index (χ2n) is 5.69. The molecule has 4 rings (SSSR count). The number of aromatic nitrogens is 2. The summed E-state index contributed by atoms with van der Waals surface area (Å²) in [6, 6.07) is 24.0. The van der Waals surface area contributed by atoms with E-state index in [-0.39, 0.29) is 5.82 Å². The first-order chi connectivity index (χ1) is 12.2. The highest BCUT2D eigenvalue weighted by atomic mass is 35.5. The van der Waals surface area contributed by atoms with Crippen molar-refractivity contribution in [2.45, 2.75) is 0 Å². The average Bonchev–Trinajstić information content (AvgIpc) is 3.08. The van der Waals surface area contributed by atoms with Crippen LogP contribution >= 0.6 is 11.6 Å². The Kier molecular flexibility index (Phi) is 4.08. The topological polar surface area (TPSA) is 17.8 Å². The van der Waals surface area contributed by atoms with Gasteiger partial charge in [0.15, 0.2) is 0 Å². The van der Waals surface area contributed by atoms with Crippen LogP contribution in [0.4, 0.5) is 4.39 Å². The lowest BCUT2D eigenvalue weighted by Crippen LogP contribution is -1.95. The number of benzene rings is 3. The number of rotatable bonds is 3. The Hall–Kier alpha value is -2.91. The highest BCUT2D eigenvalue weighted by Gasteiger charge is 2.14. The number of hydrogen-bond donors (Lipinski definition) is 0. The van der Waals surface area contributed by atoms with Crippen molar-refractivity contribution in [2.24, 2.45) is 0 Å². The van der Waals surface area contributed by atoms with Crippen molar-refractivity contribution in [2.75, 3.05) is 0 Å². The van der Waals surface area contributed by atoms with Gasteiger partial charge in [-0.15, -0.1) is 0 Å². The molecule has 0 bridgehead atoms. The van der Waals surface area contributed by atoms with Crippen LogP contribution in [-0.2, 0) is 0 Å². The fourth-order valence-electron chi connectivity index (χ4n) is 2.80. The summed E-state index contributed by atoms with van der Waals surface area (Å²) in [5, 5.41) is 5.35. The highest BCUT2D eigenvalue weighted by Crippen LogP contribution is 2.33. The minimum Gasteiger partial charge on any atom is -0.240 e. The molecular formula is C21H14ClFN2. The van der Waals surface area contributed by atoms with Gasteiger partial charge < -0.3 is 0 Å². The predicted molar refractivity (Wildman–Crippen MR) is 99.4 cm³/mol. The average molecular weight is 349 g/mol. The monoisotopic (exact) mass is 348 g/mol. The third-order valence-electron chi connectivity index (χ3n) is 3.97. The molecule has 2 nitrogen and oxygen atoms in total. The third-order valence-corrected chi connectivity index (χ3v) is 4.20. The van der Waals surface area contributed by atoms with Crippen molar-refractivity contribution in [1.29, 1.82) is 0 Å². The van der Waals surface area contributed by atoms with Gasteiger partial charge in [-0.25, -0.2) is 9.07 Å². The molecule has 0 spiro atoms. The molecule has 0 amide bonds. The van der Waals surface area contributed by atoms with Gasteiger partial charge >= 0.3 is 0 Å². The zero-order valence-electron chi connectivity index (χ0n) is 13.2. The van der Waals surface area contributed by atoms with E-state index in [4.69, 9.17) is 16.7 Å². The Morgan fingerprint density at radius 3 is 2.32 bits per heavy atom. The Labute approximate surface area is 150 Å². The minimum absolute atomic E-state index is 0.293. The maximum absolute atomic E-state index is 13.6. The first-order valence-corrected chi connectivity index (χ1v) is 8.25. The molecule has 1 heterocycles. The molecule has 0 saturated carbocycles. The zero-order chi connectivity index (χ0) is 17.2. The Morgan fingerprint density at radius 1 is 0.800 bits per heavy atom. The lowest BCUT2D eigenvalue weighted by Gasteiger charge is -2.03. The molecule has 0 aliphatic carbocycles. The van der Waals surface area contributed by atoms with E-state index in [9.17, 15) is 4.39 Å². The summed E-state index contributed by atoms with van der Waals surface area (Å²) in [5.74, 6) is -0.293. The van der Waals surface area contributed by atoms with Crippen molar-refractivity contribution < 1.29 is 4.39 Å². The van der Waals surface area contributed by atoms with E-state index in [0.717, 1.165) is 22.4 Å². The molecule has 0 N–H and O–H groups in total. The van der Waals surface area contributed by atoms with E-state index >= 15 is 0 Å². The summed E-state index contributed by atoms with van der Waals surface area (Å²) in [5.41, 5.74) is 4.40. The molecule has 0 aliphatic rings. The summed E-state index contributed by atoms with van der Waals surface area (Å²) in [6.07, 6.45) is 1.92. The summed E-state index contributed by atoms with van der Waals surface area (Å²) in [6.45, 7) is 0. The Morgan fingerprint density at radius 2 is 1.56 bits per heavy atom. The number of hydrogen-bond acceptors (Lipinski definition) is 1. The van der Waals surface area contributed by atoms with Crippen LogP contribution in [0.25, 0.3) is 28.1 Å². The van der Waals surface area contributed by atoms with E-state index in [1.54, 1.807) is 10.7 Å². The minimum atomic E-state index is -0.293. The van der Waals surface area contributed by atoms with Gasteiger partial charge in [0.05, 0.1) is 5.69 Å². The van der Waals surface area contributed by atoms with Crippen molar-refractivity contribution in [3.8, 4) is 28.1 Å². The first kappa shape index (κ1) is 15.6. The van der Waals surface area contributed by atoms with Crippen LogP contribution in [0.3, 0.4) is 0 Å². The fraction of sp³-hybridized carbons (Fsp3) is 0. The number of nitrogens with zero attached hydrogens (tertiary/aromatic N) is 2. The summed E-state index contributed by atoms with van der Waals surface area (Å²) in [4.78, 5) is 0. The molecular weight excluding hydrogens is 335 g/mol. The van der Waals surface area contributed by atoms with Crippen LogP contribution in [-0.4, -0.2) is 9.78 Å². The van der Waals surface area contributed by atoms with Crippen LogP contribution in [0.15, 0.2) is 85.1 Å². The smallest absolute Gasteiger partial charge is 0.125 e. The van der Waals surface area contributed by atoms with Gasteiger partial charge in [0.25, 0.3) is 0 Å². The second kappa shape index (κ2) is 6.54. The van der Waals surface area contributed by atoms with E-state index < -0.39 is 0 Å². The van der Waals surface area contributed by atoms with Crippen LogP contribution in [0, 0.1) is 5.82 Å². The van der Waals surface area contributed by atoms with Crippen LogP contribution in [0.1, 0.15) is 0 Å². The van der Waals surface area contributed by atoms with E-state index in [0.29, 0.717) is 10.7 Å². The first-order valence-electron chi connectivity index (χ1n) is 7.88. The van der Waals surface area contributed by atoms with Gasteiger partial charge in [0, 0.05) is 22.3 Å². The van der Waals surface area contributed by atoms with Crippen LogP contribution in [0.2, 0.25) is 5.02 Å². The fourth-order valence-corrected chi connectivity index (χ4v) is 2.99. The molecule has 3 aromatic carbocycles. The molecule has 4 aromatic rings. The molecule has 4 heteroatoms. The molecule has 122 valence electrons. The maximum Gasteiger partial charge on any atom is 0.125 e. The van der Waals surface area contributed by atoms with Crippen molar-refractivity contribution >= 4 is 11.6 Å². The predicted octanol–water partition coefficient (Wildman–Crippen LogP) is 6.00. The Balaban J connectivity index is 1.92. The lowest BCUT2D eigenvalue weighted by atomic mass is 10.0. The quantitative estimate of drug-likeness (QED) is 0.444. The van der Waals surface area contributed by atoms with Gasteiger partial charge in [-0.2, -0.15) is 5.10 Å².